The summed E-state index contributed by atoms with van der Waals surface area (Å²) in [5, 5.41) is 8.98. The highest BCUT2D eigenvalue weighted by molar-refractivity contribution is 4.55. The zero-order chi connectivity index (χ0) is 9.94. The number of rotatable bonds is 9. The van der Waals surface area contributed by atoms with E-state index in [1.807, 2.05) is 0 Å². The van der Waals surface area contributed by atoms with Gasteiger partial charge in [0, 0.05) is 20.3 Å². The molecule has 3 nitrogen and oxygen atoms in total. The fourth-order valence-electron chi connectivity index (χ4n) is 1.23. The van der Waals surface area contributed by atoms with Crippen LogP contribution in [0.2, 0.25) is 0 Å². The van der Waals surface area contributed by atoms with Gasteiger partial charge < -0.3 is 14.6 Å². The summed E-state index contributed by atoms with van der Waals surface area (Å²) >= 11 is 0. The average Bonchev–Trinajstić information content (AvgIpc) is 2.16. The highest BCUT2D eigenvalue weighted by atomic mass is 16.5. The third-order valence-corrected chi connectivity index (χ3v) is 2.06. The van der Waals surface area contributed by atoms with Crippen LogP contribution in [-0.4, -0.2) is 38.6 Å². The van der Waals surface area contributed by atoms with Crippen molar-refractivity contribution >= 4 is 0 Å². The quantitative estimate of drug-likeness (QED) is 0.559. The van der Waals surface area contributed by atoms with Crippen LogP contribution in [0.5, 0.6) is 0 Å². The normalized spacial score (nSPS) is 13.2. The summed E-state index contributed by atoms with van der Waals surface area (Å²) in [5.74, 6) is 0.410. The summed E-state index contributed by atoms with van der Waals surface area (Å²) in [7, 11) is 1.66. The van der Waals surface area contributed by atoms with Crippen LogP contribution >= 0.6 is 0 Å². The molecule has 3 heteroatoms. The third kappa shape index (κ3) is 8.22. The molecule has 0 saturated carbocycles. The number of hydrogen-bond acceptors (Lipinski definition) is 3. The molecule has 0 heterocycles. The molecule has 0 aliphatic heterocycles. The maximum absolute atomic E-state index is 8.98. The van der Waals surface area contributed by atoms with Crippen molar-refractivity contribution in [1.29, 1.82) is 0 Å². The molecule has 0 fully saturated rings. The smallest absolute Gasteiger partial charge is 0.0700 e. The van der Waals surface area contributed by atoms with E-state index in [4.69, 9.17) is 14.6 Å². The minimum absolute atomic E-state index is 0.279. The van der Waals surface area contributed by atoms with Gasteiger partial charge in [-0.1, -0.05) is 13.3 Å². The van der Waals surface area contributed by atoms with Crippen molar-refractivity contribution in [3.05, 3.63) is 0 Å². The number of aliphatic hydroxyl groups is 1. The Morgan fingerprint density at radius 3 is 2.46 bits per heavy atom. The molecule has 0 saturated heterocycles. The maximum Gasteiger partial charge on any atom is 0.0700 e. The molecule has 0 aromatic heterocycles. The van der Waals surface area contributed by atoms with Gasteiger partial charge in [-0.05, 0) is 18.8 Å². The lowest BCUT2D eigenvalue weighted by molar-refractivity contribution is 0.0578. The molecular weight excluding hydrogens is 168 g/mol. The second kappa shape index (κ2) is 9.96. The van der Waals surface area contributed by atoms with Crippen LogP contribution in [0.25, 0.3) is 0 Å². The monoisotopic (exact) mass is 190 g/mol. The van der Waals surface area contributed by atoms with Gasteiger partial charge in [0.1, 0.15) is 0 Å². The van der Waals surface area contributed by atoms with Gasteiger partial charge in [-0.25, -0.2) is 0 Å². The van der Waals surface area contributed by atoms with Crippen LogP contribution in [0.1, 0.15) is 26.2 Å². The van der Waals surface area contributed by atoms with E-state index >= 15 is 0 Å². The summed E-state index contributed by atoms with van der Waals surface area (Å²) < 4.78 is 10.2. The molecule has 0 spiro atoms. The predicted octanol–water partition coefficient (Wildman–Crippen LogP) is 1.45. The van der Waals surface area contributed by atoms with Crippen molar-refractivity contribution in [3.63, 3.8) is 0 Å². The summed E-state index contributed by atoms with van der Waals surface area (Å²) in [4.78, 5) is 0. The predicted molar refractivity (Wildman–Crippen MR) is 52.8 cm³/mol. The summed E-state index contributed by atoms with van der Waals surface area (Å²) in [6.45, 7) is 4.45. The van der Waals surface area contributed by atoms with Gasteiger partial charge in [-0.15, -0.1) is 0 Å². The van der Waals surface area contributed by atoms with Crippen LogP contribution in [0.15, 0.2) is 0 Å². The number of ether oxygens (including phenoxy) is 2. The van der Waals surface area contributed by atoms with Crippen molar-refractivity contribution in [2.45, 2.75) is 26.2 Å². The molecule has 80 valence electrons. The second-order valence-corrected chi connectivity index (χ2v) is 3.23. The number of hydrogen-bond donors (Lipinski definition) is 1. The van der Waals surface area contributed by atoms with Crippen LogP contribution in [0.3, 0.4) is 0 Å². The van der Waals surface area contributed by atoms with Crippen molar-refractivity contribution < 1.29 is 14.6 Å². The SMILES string of the molecule is CCCC(CO)CCOCCOC. The number of methoxy groups -OCH3 is 1. The number of aliphatic hydroxyl groups excluding tert-OH is 1. The van der Waals surface area contributed by atoms with Crippen LogP contribution in [-0.2, 0) is 9.47 Å². The van der Waals surface area contributed by atoms with Crippen molar-refractivity contribution in [2.24, 2.45) is 5.92 Å². The lowest BCUT2D eigenvalue weighted by atomic mass is 10.0. The van der Waals surface area contributed by atoms with Crippen molar-refractivity contribution in [3.8, 4) is 0 Å². The molecule has 1 unspecified atom stereocenters. The maximum atomic E-state index is 8.98. The topological polar surface area (TPSA) is 38.7 Å². The molecule has 13 heavy (non-hydrogen) atoms. The van der Waals surface area contributed by atoms with Gasteiger partial charge in [-0.2, -0.15) is 0 Å². The van der Waals surface area contributed by atoms with Gasteiger partial charge in [0.25, 0.3) is 0 Å². The average molecular weight is 190 g/mol. The lowest BCUT2D eigenvalue weighted by Crippen LogP contribution is -2.11. The summed E-state index contributed by atoms with van der Waals surface area (Å²) in [6, 6.07) is 0. The summed E-state index contributed by atoms with van der Waals surface area (Å²) in [5.41, 5.74) is 0. The molecule has 0 aliphatic rings. The molecule has 1 atom stereocenters. The van der Waals surface area contributed by atoms with E-state index in [1.165, 1.54) is 0 Å². The molecule has 0 radical (unpaired) electrons. The van der Waals surface area contributed by atoms with E-state index in [-0.39, 0.29) is 6.61 Å². The fourth-order valence-corrected chi connectivity index (χ4v) is 1.23. The first-order valence-corrected chi connectivity index (χ1v) is 5.02. The highest BCUT2D eigenvalue weighted by Crippen LogP contribution is 2.09. The Bertz CT molecular complexity index is 96.2. The molecular formula is C10H22O3. The van der Waals surface area contributed by atoms with Gasteiger partial charge in [-0.3, -0.25) is 0 Å². The van der Waals surface area contributed by atoms with Gasteiger partial charge in [0.2, 0.25) is 0 Å². The minimum atomic E-state index is 0.279. The Hall–Kier alpha value is -0.120. The standard InChI is InChI=1S/C10H22O3/c1-3-4-10(9-11)5-6-13-8-7-12-2/h10-11H,3-9H2,1-2H3. The Balaban J connectivity index is 3.17. The zero-order valence-corrected chi connectivity index (χ0v) is 8.79. The van der Waals surface area contributed by atoms with E-state index in [1.54, 1.807) is 7.11 Å². The van der Waals surface area contributed by atoms with Crippen LogP contribution in [0, 0.1) is 5.92 Å². The van der Waals surface area contributed by atoms with E-state index in [0.29, 0.717) is 19.1 Å². The highest BCUT2D eigenvalue weighted by Gasteiger charge is 2.05. The van der Waals surface area contributed by atoms with Crippen LogP contribution in [0.4, 0.5) is 0 Å². The van der Waals surface area contributed by atoms with E-state index in [9.17, 15) is 0 Å². The second-order valence-electron chi connectivity index (χ2n) is 3.23. The molecule has 0 aliphatic carbocycles. The Morgan fingerprint density at radius 1 is 1.15 bits per heavy atom. The van der Waals surface area contributed by atoms with E-state index in [0.717, 1.165) is 25.9 Å². The molecule has 0 aromatic carbocycles. The minimum Gasteiger partial charge on any atom is -0.396 e. The fraction of sp³-hybridized carbons (Fsp3) is 1.00. The first-order valence-electron chi connectivity index (χ1n) is 5.02. The first-order chi connectivity index (χ1) is 6.35. The van der Waals surface area contributed by atoms with E-state index in [2.05, 4.69) is 6.92 Å². The van der Waals surface area contributed by atoms with Crippen molar-refractivity contribution in [1.82, 2.24) is 0 Å². The zero-order valence-electron chi connectivity index (χ0n) is 8.79. The largest absolute Gasteiger partial charge is 0.396 e. The van der Waals surface area contributed by atoms with Gasteiger partial charge in [0.05, 0.1) is 13.2 Å². The van der Waals surface area contributed by atoms with E-state index < -0.39 is 0 Å². The first kappa shape index (κ1) is 12.9. The van der Waals surface area contributed by atoms with Crippen LogP contribution < -0.4 is 0 Å². The molecule has 1 N–H and O–H groups in total. The van der Waals surface area contributed by atoms with Crippen molar-refractivity contribution in [2.75, 3.05) is 33.5 Å². The van der Waals surface area contributed by atoms with Gasteiger partial charge in [0.15, 0.2) is 0 Å². The molecule has 0 amide bonds. The Kier molecular flexibility index (Phi) is 9.87. The molecule has 0 aromatic rings. The Labute approximate surface area is 81.0 Å². The molecule has 0 rings (SSSR count). The summed E-state index contributed by atoms with van der Waals surface area (Å²) in [6.07, 6.45) is 3.17. The van der Waals surface area contributed by atoms with Gasteiger partial charge >= 0.3 is 0 Å². The molecule has 0 bridgehead atoms. The Morgan fingerprint density at radius 2 is 1.92 bits per heavy atom. The lowest BCUT2D eigenvalue weighted by Gasteiger charge is -2.12. The third-order valence-electron chi connectivity index (χ3n) is 2.06.